The summed E-state index contributed by atoms with van der Waals surface area (Å²) in [7, 11) is 0. The van der Waals surface area contributed by atoms with Crippen molar-refractivity contribution >= 4 is 51.3 Å². The number of hydrogen-bond acceptors (Lipinski definition) is 3. The second-order valence-corrected chi connectivity index (χ2v) is 7.67. The third-order valence-corrected chi connectivity index (χ3v) is 5.74. The molecule has 0 bridgehead atoms. The monoisotopic (exact) mass is 431 g/mol. The molecule has 1 aromatic heterocycles. The molecule has 0 fully saturated rings. The average molecular weight is 432 g/mol. The fraction of sp³-hybridized carbons (Fsp3) is 0.261. The number of carbonyl (C=O) groups is 1. The number of allylic oxidation sites excluding steroid dienone is 1. The highest BCUT2D eigenvalue weighted by atomic mass is 35.5. The summed E-state index contributed by atoms with van der Waals surface area (Å²) < 4.78 is 11.8. The molecule has 0 aliphatic carbocycles. The number of anilines is 1. The molecule has 1 N–H and O–H groups in total. The molecule has 0 spiro atoms. The van der Waals surface area contributed by atoms with E-state index in [1.807, 2.05) is 40.7 Å². The second-order valence-electron chi connectivity index (χ2n) is 6.89. The van der Waals surface area contributed by atoms with E-state index in [1.165, 1.54) is 6.08 Å². The standard InChI is InChI=1S/C23H23Cl2NO3/c1-6-28-22-14(4)23-17(13(3)15(5)29-23)11-16(22)12(2)10-20(27)26-19-9-7-8-18(24)21(19)25/h7-11H,6H2,1-5H3,(H,26,27)/b12-10+. The normalized spacial score (nSPS) is 11.8. The van der Waals surface area contributed by atoms with Crippen molar-refractivity contribution in [1.82, 2.24) is 0 Å². The Morgan fingerprint density at radius 1 is 1.21 bits per heavy atom. The third kappa shape index (κ3) is 4.14. The Morgan fingerprint density at radius 2 is 1.93 bits per heavy atom. The van der Waals surface area contributed by atoms with Gasteiger partial charge in [0.1, 0.15) is 17.1 Å². The van der Waals surface area contributed by atoms with Crippen molar-refractivity contribution < 1.29 is 13.9 Å². The first-order valence-corrected chi connectivity index (χ1v) is 10.1. The van der Waals surface area contributed by atoms with Crippen LogP contribution in [0, 0.1) is 20.8 Å². The number of nitrogens with one attached hydrogen (secondary N) is 1. The Kier molecular flexibility index (Phi) is 6.25. The molecular formula is C23H23Cl2NO3. The lowest BCUT2D eigenvalue weighted by Gasteiger charge is -2.15. The SMILES string of the molecule is CCOc1c(/C(C)=C/C(=O)Nc2cccc(Cl)c2Cl)cc2c(C)c(C)oc2c1C. The van der Waals surface area contributed by atoms with Crippen LogP contribution in [0.1, 0.15) is 36.3 Å². The largest absolute Gasteiger partial charge is 0.493 e. The zero-order chi connectivity index (χ0) is 21.3. The number of furan rings is 1. The zero-order valence-corrected chi connectivity index (χ0v) is 18.6. The summed E-state index contributed by atoms with van der Waals surface area (Å²) in [5, 5.41) is 4.49. The Bertz CT molecular complexity index is 1130. The number of ether oxygens (including phenoxy) is 1. The molecule has 3 aromatic rings. The highest BCUT2D eigenvalue weighted by Crippen LogP contribution is 2.39. The van der Waals surface area contributed by atoms with Gasteiger partial charge in [-0.2, -0.15) is 0 Å². The molecule has 0 aliphatic heterocycles. The molecule has 0 atom stereocenters. The maximum Gasteiger partial charge on any atom is 0.248 e. The van der Waals surface area contributed by atoms with Crippen molar-refractivity contribution in [1.29, 1.82) is 0 Å². The van der Waals surface area contributed by atoms with Crippen molar-refractivity contribution in [2.24, 2.45) is 0 Å². The number of halogens is 2. The van der Waals surface area contributed by atoms with Gasteiger partial charge in [-0.15, -0.1) is 0 Å². The van der Waals surface area contributed by atoms with Gasteiger partial charge in [-0.25, -0.2) is 0 Å². The van der Waals surface area contributed by atoms with Crippen molar-refractivity contribution in [2.75, 3.05) is 11.9 Å². The molecule has 6 heteroatoms. The topological polar surface area (TPSA) is 51.5 Å². The number of amides is 1. The van der Waals surface area contributed by atoms with Crippen LogP contribution in [0.5, 0.6) is 5.75 Å². The smallest absolute Gasteiger partial charge is 0.248 e. The molecule has 4 nitrogen and oxygen atoms in total. The van der Waals surface area contributed by atoms with E-state index >= 15 is 0 Å². The molecule has 0 saturated heterocycles. The maximum absolute atomic E-state index is 12.6. The average Bonchev–Trinajstić information content (AvgIpc) is 2.96. The van der Waals surface area contributed by atoms with E-state index in [4.69, 9.17) is 32.4 Å². The van der Waals surface area contributed by atoms with Crippen LogP contribution >= 0.6 is 23.2 Å². The summed E-state index contributed by atoms with van der Waals surface area (Å²) >= 11 is 12.2. The van der Waals surface area contributed by atoms with Crippen LogP contribution < -0.4 is 10.1 Å². The molecular weight excluding hydrogens is 409 g/mol. The minimum atomic E-state index is -0.299. The first-order chi connectivity index (χ1) is 13.7. The Hall–Kier alpha value is -2.43. The molecule has 29 heavy (non-hydrogen) atoms. The van der Waals surface area contributed by atoms with Crippen LogP contribution in [0.25, 0.3) is 16.5 Å². The van der Waals surface area contributed by atoms with E-state index in [0.717, 1.165) is 44.7 Å². The number of aryl methyl sites for hydroxylation is 3. The molecule has 1 amide bonds. The fourth-order valence-electron chi connectivity index (χ4n) is 3.28. The van der Waals surface area contributed by atoms with Gasteiger partial charge in [-0.05, 0) is 64.0 Å². The van der Waals surface area contributed by atoms with Crippen LogP contribution in [-0.2, 0) is 4.79 Å². The van der Waals surface area contributed by atoms with Gasteiger partial charge in [0.05, 0.1) is 22.3 Å². The number of rotatable bonds is 5. The number of benzene rings is 2. The van der Waals surface area contributed by atoms with Crippen LogP contribution in [0.15, 0.2) is 34.8 Å². The molecule has 0 radical (unpaired) electrons. The predicted octanol–water partition coefficient (Wildman–Crippen LogP) is 7.11. The lowest BCUT2D eigenvalue weighted by atomic mass is 9.98. The maximum atomic E-state index is 12.6. The molecule has 0 saturated carbocycles. The number of hydrogen-bond donors (Lipinski definition) is 1. The van der Waals surface area contributed by atoms with Gasteiger partial charge in [0.15, 0.2) is 0 Å². The summed E-state index contributed by atoms with van der Waals surface area (Å²) in [5.74, 6) is 1.29. The lowest BCUT2D eigenvalue weighted by molar-refractivity contribution is -0.111. The van der Waals surface area contributed by atoms with E-state index in [-0.39, 0.29) is 5.91 Å². The molecule has 1 heterocycles. The Labute approximate surface area is 180 Å². The summed E-state index contributed by atoms with van der Waals surface area (Å²) in [6.45, 7) is 10.3. The predicted molar refractivity (Wildman–Crippen MR) is 120 cm³/mol. The van der Waals surface area contributed by atoms with Crippen molar-refractivity contribution in [2.45, 2.75) is 34.6 Å². The fourth-order valence-corrected chi connectivity index (χ4v) is 3.63. The summed E-state index contributed by atoms with van der Waals surface area (Å²) in [4.78, 5) is 12.6. The van der Waals surface area contributed by atoms with Crippen LogP contribution in [0.3, 0.4) is 0 Å². The zero-order valence-electron chi connectivity index (χ0n) is 17.1. The third-order valence-electron chi connectivity index (χ3n) is 4.92. The Morgan fingerprint density at radius 3 is 2.62 bits per heavy atom. The minimum absolute atomic E-state index is 0.299. The van der Waals surface area contributed by atoms with Gasteiger partial charge >= 0.3 is 0 Å². The van der Waals surface area contributed by atoms with E-state index in [0.29, 0.717) is 22.3 Å². The number of carbonyl (C=O) groups excluding carboxylic acids is 1. The van der Waals surface area contributed by atoms with Crippen LogP contribution in [0.2, 0.25) is 10.0 Å². The second kappa shape index (κ2) is 8.52. The summed E-state index contributed by atoms with van der Waals surface area (Å²) in [6.07, 6.45) is 1.53. The summed E-state index contributed by atoms with van der Waals surface area (Å²) in [6, 6.07) is 7.12. The first kappa shape index (κ1) is 21.3. The van der Waals surface area contributed by atoms with Crippen LogP contribution in [-0.4, -0.2) is 12.5 Å². The number of fused-ring (bicyclic) bond motifs is 1. The lowest BCUT2D eigenvalue weighted by Crippen LogP contribution is -2.09. The van der Waals surface area contributed by atoms with E-state index in [9.17, 15) is 4.79 Å². The van der Waals surface area contributed by atoms with E-state index in [1.54, 1.807) is 18.2 Å². The van der Waals surface area contributed by atoms with Crippen molar-refractivity contribution in [3.8, 4) is 5.75 Å². The molecule has 0 aliphatic rings. The van der Waals surface area contributed by atoms with Gasteiger partial charge in [-0.1, -0.05) is 29.3 Å². The first-order valence-electron chi connectivity index (χ1n) is 9.34. The van der Waals surface area contributed by atoms with Gasteiger partial charge in [0, 0.05) is 22.6 Å². The molecule has 3 rings (SSSR count). The highest BCUT2D eigenvalue weighted by molar-refractivity contribution is 6.44. The van der Waals surface area contributed by atoms with Gasteiger partial charge in [0.25, 0.3) is 0 Å². The van der Waals surface area contributed by atoms with Gasteiger partial charge in [0.2, 0.25) is 5.91 Å². The quantitative estimate of drug-likeness (QED) is 0.437. The Balaban J connectivity index is 2.03. The van der Waals surface area contributed by atoms with Gasteiger partial charge in [-0.3, -0.25) is 4.79 Å². The molecule has 0 unspecified atom stereocenters. The molecule has 2 aromatic carbocycles. The van der Waals surface area contributed by atoms with Crippen molar-refractivity contribution in [3.05, 3.63) is 62.8 Å². The van der Waals surface area contributed by atoms with Crippen LogP contribution in [0.4, 0.5) is 5.69 Å². The molecule has 152 valence electrons. The van der Waals surface area contributed by atoms with E-state index in [2.05, 4.69) is 5.32 Å². The summed E-state index contributed by atoms with van der Waals surface area (Å²) in [5.41, 5.74) is 4.90. The minimum Gasteiger partial charge on any atom is -0.493 e. The van der Waals surface area contributed by atoms with Crippen molar-refractivity contribution in [3.63, 3.8) is 0 Å². The van der Waals surface area contributed by atoms with Gasteiger partial charge < -0.3 is 14.5 Å². The van der Waals surface area contributed by atoms with E-state index < -0.39 is 0 Å². The highest BCUT2D eigenvalue weighted by Gasteiger charge is 2.19.